The molecule has 1 aliphatic heterocycles. The van der Waals surface area contributed by atoms with Gasteiger partial charge >= 0.3 is 5.97 Å². The van der Waals surface area contributed by atoms with Crippen LogP contribution in [0.25, 0.3) is 21.9 Å². The first-order valence-corrected chi connectivity index (χ1v) is 9.63. The summed E-state index contributed by atoms with van der Waals surface area (Å²) in [5.74, 6) is -0.356. The molecule has 4 aromatic rings. The van der Waals surface area contributed by atoms with Crippen LogP contribution in [0.15, 0.2) is 55.1 Å². The molecule has 0 radical (unpaired) electrons. The van der Waals surface area contributed by atoms with E-state index < -0.39 is 30.5 Å². The van der Waals surface area contributed by atoms with Crippen LogP contribution in [0.2, 0.25) is 0 Å². The number of esters is 1. The van der Waals surface area contributed by atoms with Crippen molar-refractivity contribution in [3.05, 3.63) is 60.7 Å². The molecule has 10 nitrogen and oxygen atoms in total. The van der Waals surface area contributed by atoms with Crippen molar-refractivity contribution in [2.75, 3.05) is 12.3 Å². The lowest BCUT2D eigenvalue weighted by atomic mass is 10.1. The van der Waals surface area contributed by atoms with Crippen LogP contribution in [0.3, 0.4) is 0 Å². The van der Waals surface area contributed by atoms with Crippen LogP contribution in [-0.2, 0) is 9.47 Å². The van der Waals surface area contributed by atoms with Gasteiger partial charge in [-0.2, -0.15) is 0 Å². The number of nitrogens with zero attached hydrogens (tertiary/aromatic N) is 4. The highest BCUT2D eigenvalue weighted by atomic mass is 16.6. The standard InChI is InChI=1S/C21H19N5O5/c22-18-15-19(24-9-23-18)26(10-25-15)20-17(28)16(27)14(31-20)8-30-21(29)13-6-5-11-3-1-2-4-12(11)7-13/h1-7,9-10,14,16-17,20,27-28H,8H2,(H2,22,23,24). The van der Waals surface area contributed by atoms with E-state index in [1.807, 2.05) is 30.3 Å². The molecular formula is C21H19N5O5. The summed E-state index contributed by atoms with van der Waals surface area (Å²) in [6.45, 7) is -0.232. The van der Waals surface area contributed by atoms with E-state index in [2.05, 4.69) is 15.0 Å². The first-order chi connectivity index (χ1) is 15.0. The van der Waals surface area contributed by atoms with Gasteiger partial charge in [-0.15, -0.1) is 0 Å². The molecule has 0 saturated carbocycles. The Morgan fingerprint density at radius 3 is 2.74 bits per heavy atom. The number of carbonyl (C=O) groups is 1. The van der Waals surface area contributed by atoms with Crippen LogP contribution >= 0.6 is 0 Å². The summed E-state index contributed by atoms with van der Waals surface area (Å²) in [6, 6.07) is 12.9. The number of carbonyl (C=O) groups excluding carboxylic acids is 1. The molecule has 10 heteroatoms. The molecule has 4 unspecified atom stereocenters. The molecule has 1 aliphatic rings. The fourth-order valence-electron chi connectivity index (χ4n) is 3.71. The second-order valence-electron chi connectivity index (χ2n) is 7.29. The Kier molecular flexibility index (Phi) is 4.74. The molecule has 0 aliphatic carbocycles. The van der Waals surface area contributed by atoms with E-state index in [9.17, 15) is 15.0 Å². The van der Waals surface area contributed by atoms with Crippen molar-refractivity contribution in [2.45, 2.75) is 24.5 Å². The van der Waals surface area contributed by atoms with Gasteiger partial charge in [-0.1, -0.05) is 30.3 Å². The molecule has 4 atom stereocenters. The zero-order valence-corrected chi connectivity index (χ0v) is 16.2. The summed E-state index contributed by atoms with van der Waals surface area (Å²) in [5, 5.41) is 22.8. The highest BCUT2D eigenvalue weighted by molar-refractivity contribution is 5.95. The predicted molar refractivity (Wildman–Crippen MR) is 110 cm³/mol. The molecule has 2 aromatic heterocycles. The Bertz CT molecular complexity index is 1280. The van der Waals surface area contributed by atoms with Crippen LogP contribution in [0, 0.1) is 0 Å². The second kappa shape index (κ2) is 7.58. The van der Waals surface area contributed by atoms with E-state index in [-0.39, 0.29) is 12.4 Å². The number of imidazole rings is 1. The molecule has 5 rings (SSSR count). The lowest BCUT2D eigenvalue weighted by Gasteiger charge is -2.16. The highest BCUT2D eigenvalue weighted by Gasteiger charge is 2.45. The van der Waals surface area contributed by atoms with Gasteiger partial charge in [0.25, 0.3) is 0 Å². The van der Waals surface area contributed by atoms with Gasteiger partial charge in [-0.3, -0.25) is 4.57 Å². The number of aliphatic hydroxyl groups is 2. The molecule has 1 saturated heterocycles. The van der Waals surface area contributed by atoms with Crippen molar-refractivity contribution in [1.29, 1.82) is 0 Å². The number of benzene rings is 2. The Labute approximate surface area is 175 Å². The van der Waals surface area contributed by atoms with Gasteiger partial charge in [0.05, 0.1) is 11.9 Å². The quantitative estimate of drug-likeness (QED) is 0.411. The second-order valence-corrected chi connectivity index (χ2v) is 7.29. The molecule has 3 heterocycles. The minimum Gasteiger partial charge on any atom is -0.459 e. The number of aromatic nitrogens is 4. The van der Waals surface area contributed by atoms with Crippen molar-refractivity contribution in [3.63, 3.8) is 0 Å². The van der Waals surface area contributed by atoms with E-state index in [1.165, 1.54) is 17.2 Å². The van der Waals surface area contributed by atoms with E-state index in [0.717, 1.165) is 10.8 Å². The van der Waals surface area contributed by atoms with Crippen LogP contribution < -0.4 is 5.73 Å². The van der Waals surface area contributed by atoms with Crippen LogP contribution in [0.1, 0.15) is 16.6 Å². The average molecular weight is 421 g/mol. The number of anilines is 1. The van der Waals surface area contributed by atoms with E-state index in [1.54, 1.807) is 12.1 Å². The van der Waals surface area contributed by atoms with Crippen molar-refractivity contribution in [3.8, 4) is 0 Å². The maximum Gasteiger partial charge on any atom is 0.338 e. The Morgan fingerprint density at radius 2 is 1.90 bits per heavy atom. The first kappa shape index (κ1) is 19.4. The fraction of sp³-hybridized carbons (Fsp3) is 0.238. The average Bonchev–Trinajstić information content (AvgIpc) is 3.34. The summed E-state index contributed by atoms with van der Waals surface area (Å²) >= 11 is 0. The molecule has 158 valence electrons. The van der Waals surface area contributed by atoms with Gasteiger partial charge in [0, 0.05) is 0 Å². The summed E-state index contributed by atoms with van der Waals surface area (Å²) in [6.07, 6.45) is -1.78. The molecular weight excluding hydrogens is 402 g/mol. The normalized spacial score (nSPS) is 23.4. The molecule has 0 amide bonds. The predicted octanol–water partition coefficient (Wildman–Crippen LogP) is 1.04. The zero-order valence-electron chi connectivity index (χ0n) is 16.2. The van der Waals surface area contributed by atoms with Gasteiger partial charge in [-0.25, -0.2) is 19.7 Å². The summed E-state index contributed by atoms with van der Waals surface area (Å²) in [4.78, 5) is 24.6. The monoisotopic (exact) mass is 421 g/mol. The van der Waals surface area contributed by atoms with Gasteiger partial charge in [0.1, 0.15) is 36.8 Å². The molecule has 4 N–H and O–H groups in total. The van der Waals surface area contributed by atoms with E-state index in [0.29, 0.717) is 16.7 Å². The molecule has 31 heavy (non-hydrogen) atoms. The van der Waals surface area contributed by atoms with Crippen LogP contribution in [0.4, 0.5) is 5.82 Å². The van der Waals surface area contributed by atoms with Crippen molar-refractivity contribution in [2.24, 2.45) is 0 Å². The smallest absolute Gasteiger partial charge is 0.338 e. The molecule has 0 bridgehead atoms. The number of ether oxygens (including phenoxy) is 2. The number of rotatable bonds is 4. The molecule has 0 spiro atoms. The summed E-state index contributed by atoms with van der Waals surface area (Å²) in [5.41, 5.74) is 6.90. The lowest BCUT2D eigenvalue weighted by molar-refractivity contribution is -0.0565. The fourth-order valence-corrected chi connectivity index (χ4v) is 3.71. The van der Waals surface area contributed by atoms with E-state index in [4.69, 9.17) is 15.2 Å². The summed E-state index contributed by atoms with van der Waals surface area (Å²) in [7, 11) is 0. The summed E-state index contributed by atoms with van der Waals surface area (Å²) < 4.78 is 12.6. The number of nitrogens with two attached hydrogens (primary N) is 1. The SMILES string of the molecule is Nc1ncnc2c1ncn2C1OC(COC(=O)c2ccc3ccccc3c2)C(O)C1O. The largest absolute Gasteiger partial charge is 0.459 e. The zero-order chi connectivity index (χ0) is 21.5. The van der Waals surface area contributed by atoms with Crippen molar-refractivity contribution >= 4 is 33.7 Å². The number of fused-ring (bicyclic) bond motifs is 2. The van der Waals surface area contributed by atoms with Gasteiger partial charge in [-0.05, 0) is 22.9 Å². The number of aliphatic hydroxyl groups excluding tert-OH is 2. The number of hydrogen-bond acceptors (Lipinski definition) is 9. The maximum absolute atomic E-state index is 12.5. The van der Waals surface area contributed by atoms with Gasteiger partial charge < -0.3 is 25.4 Å². The van der Waals surface area contributed by atoms with Crippen LogP contribution in [-0.4, -0.2) is 60.6 Å². The Hall–Kier alpha value is -3.60. The minimum absolute atomic E-state index is 0.192. The number of hydrogen-bond donors (Lipinski definition) is 3. The van der Waals surface area contributed by atoms with Crippen LogP contribution in [0.5, 0.6) is 0 Å². The van der Waals surface area contributed by atoms with Crippen molar-refractivity contribution < 1.29 is 24.5 Å². The number of nitrogen functional groups attached to an aromatic ring is 1. The van der Waals surface area contributed by atoms with E-state index >= 15 is 0 Å². The molecule has 2 aromatic carbocycles. The topological polar surface area (TPSA) is 146 Å². The Morgan fingerprint density at radius 1 is 1.10 bits per heavy atom. The van der Waals surface area contributed by atoms with Gasteiger partial charge in [0.2, 0.25) is 0 Å². The highest BCUT2D eigenvalue weighted by Crippen LogP contribution is 2.32. The maximum atomic E-state index is 12.5. The van der Waals surface area contributed by atoms with Crippen molar-refractivity contribution in [1.82, 2.24) is 19.5 Å². The molecule has 1 fully saturated rings. The first-order valence-electron chi connectivity index (χ1n) is 9.63. The third-order valence-electron chi connectivity index (χ3n) is 5.36. The third kappa shape index (κ3) is 3.36. The third-order valence-corrected chi connectivity index (χ3v) is 5.36. The van der Waals surface area contributed by atoms with Gasteiger partial charge in [0.15, 0.2) is 17.7 Å². The minimum atomic E-state index is -1.28. The lowest BCUT2D eigenvalue weighted by Crippen LogP contribution is -2.34. The Balaban J connectivity index is 1.30.